The van der Waals surface area contributed by atoms with Crippen molar-refractivity contribution in [1.29, 1.82) is 0 Å². The Morgan fingerprint density at radius 1 is 0.983 bits per heavy atom. The molecule has 1 atom stereocenters. The quantitative estimate of drug-likeness (QED) is 0.00705. The zero-order valence-corrected chi connectivity index (χ0v) is 46.0. The number of halogens is 4. The van der Waals surface area contributed by atoms with Crippen molar-refractivity contribution in [2.45, 2.75) is 62.9 Å². The third-order valence-corrected chi connectivity index (χ3v) is 9.10. The maximum Gasteiger partial charge on any atom is 1.00 e. The third kappa shape index (κ3) is 22.8. The van der Waals surface area contributed by atoms with Crippen LogP contribution in [0.5, 0.6) is 0 Å². The molecular formula is C30H36Br2F2K2N9NaO12S2. The van der Waals surface area contributed by atoms with Crippen LogP contribution < -0.4 is 149 Å². The van der Waals surface area contributed by atoms with E-state index in [0.717, 1.165) is 17.8 Å². The number of hydrogen-bond acceptors (Lipinski definition) is 20. The molecule has 5 rings (SSSR count). The minimum absolute atomic E-state index is 0. The Bertz CT molecular complexity index is 1990. The molecule has 0 bridgehead atoms. The van der Waals surface area contributed by atoms with Gasteiger partial charge >= 0.3 is 138 Å². The van der Waals surface area contributed by atoms with Crippen molar-refractivity contribution in [3.05, 3.63) is 78.5 Å². The van der Waals surface area contributed by atoms with Crippen molar-refractivity contribution < 1.29 is 197 Å². The van der Waals surface area contributed by atoms with E-state index < -0.39 is 39.8 Å². The minimum atomic E-state index is -1.28. The van der Waals surface area contributed by atoms with Crippen LogP contribution in [0.3, 0.4) is 0 Å². The van der Waals surface area contributed by atoms with E-state index >= 15 is 0 Å². The molecule has 1 saturated carbocycles. The van der Waals surface area contributed by atoms with Crippen LogP contribution in [-0.4, -0.2) is 92.5 Å². The topological polar surface area (TPSA) is 320 Å². The van der Waals surface area contributed by atoms with E-state index in [0.29, 0.717) is 11.6 Å². The van der Waals surface area contributed by atoms with Crippen molar-refractivity contribution in [2.24, 2.45) is 15.9 Å². The normalized spacial score (nSPS) is 12.6. The molecule has 0 amide bonds. The zero-order valence-electron chi connectivity index (χ0n) is 33.9. The average Bonchev–Trinajstić information content (AvgIpc) is 3.73. The molecule has 0 spiro atoms. The molecule has 1 aliphatic carbocycles. The molecule has 1 unspecified atom stereocenters. The van der Waals surface area contributed by atoms with Crippen LogP contribution in [0.15, 0.2) is 69.6 Å². The van der Waals surface area contributed by atoms with Gasteiger partial charge in [0.05, 0.1) is 37.6 Å². The van der Waals surface area contributed by atoms with Crippen LogP contribution >= 0.6 is 43.6 Å². The second-order valence-corrected chi connectivity index (χ2v) is 14.8. The van der Waals surface area contributed by atoms with Crippen molar-refractivity contribution in [3.8, 4) is 0 Å². The standard InChI is InChI=1S/C14H16BrFN4O4S.C9H5BrFN5O4.C6H12O.CH2O3.2K.Na.H2S.H/c1-14(2,22)10(21)6-25-13-11(19-24-20-13)12(18-23)17-7-3-4-9(16)8(15)5-7;10-5-3-4(1-2-6(5)11)12-8(13-17)7-9(16(18)19)15-20-14-7;1-6(2,7)5-3-4-5;2-1-4-3;;;;;/h3-5,10,21-23H,6H2,1-2H3,(H,17,18);1-3,17H,(H,12,13);5,7H,3-4H2,1-2H3;1,3H;;;;1H2;/q;;;;3*+1;;-1/p-2. The summed E-state index contributed by atoms with van der Waals surface area (Å²) in [5.74, 6) is -1.38. The molecule has 0 aliphatic heterocycles. The number of nitro groups is 1. The number of hydroxylamine groups is 2. The van der Waals surface area contributed by atoms with E-state index in [1.54, 1.807) is 5.48 Å². The molecule has 21 nitrogen and oxygen atoms in total. The summed E-state index contributed by atoms with van der Waals surface area (Å²) in [7, 11) is 0. The second kappa shape index (κ2) is 31.9. The number of nitrogens with zero attached hydrogens (tertiary/aromatic N) is 7. The summed E-state index contributed by atoms with van der Waals surface area (Å²) >= 11 is 7.08. The van der Waals surface area contributed by atoms with E-state index in [2.05, 4.69) is 76.6 Å². The van der Waals surface area contributed by atoms with E-state index in [1.165, 1.54) is 57.0 Å². The molecule has 7 N–H and O–H groups in total. The maximum absolute atomic E-state index is 13.3. The molecule has 60 heavy (non-hydrogen) atoms. The van der Waals surface area contributed by atoms with Gasteiger partial charge in [-0.1, -0.05) is 11.8 Å². The molecule has 0 saturated heterocycles. The zero-order chi connectivity index (χ0) is 42.2. The van der Waals surface area contributed by atoms with Gasteiger partial charge in [-0.05, 0) is 135 Å². The number of rotatable bonds is 11. The Balaban J connectivity index is -0.000000404. The number of benzene rings is 2. The number of carbonyl (C=O) groups excluding carboxylic acids is 1. The van der Waals surface area contributed by atoms with Gasteiger partial charge in [-0.25, -0.2) is 28.9 Å². The molecule has 0 radical (unpaired) electrons. The number of amidine groups is 2. The maximum atomic E-state index is 13.3. The van der Waals surface area contributed by atoms with Gasteiger partial charge in [-0.3, -0.25) is 20.7 Å². The number of hydrogen-bond donors (Lipinski definition) is 7. The van der Waals surface area contributed by atoms with Gasteiger partial charge in [0, 0.05) is 5.75 Å². The van der Waals surface area contributed by atoms with Crippen molar-refractivity contribution in [1.82, 2.24) is 31.6 Å². The fourth-order valence-corrected chi connectivity index (χ4v) is 5.47. The predicted molar refractivity (Wildman–Crippen MR) is 205 cm³/mol. The summed E-state index contributed by atoms with van der Waals surface area (Å²) in [6.45, 7) is 6.54. The molecular weight excluding hydrogens is 1040 g/mol. The molecule has 2 aromatic carbocycles. The first-order valence-electron chi connectivity index (χ1n) is 15.4. The number of carbonyl (C=O) groups is 1. The summed E-state index contributed by atoms with van der Waals surface area (Å²) in [5.41, 5.74) is 2.16. The third-order valence-electron chi connectivity index (χ3n) is 6.86. The fourth-order valence-electron chi connectivity index (χ4n) is 3.65. The summed E-state index contributed by atoms with van der Waals surface area (Å²) < 4.78 is 35.6. The predicted octanol–water partition coefficient (Wildman–Crippen LogP) is -5.35. The number of aliphatic hydroxyl groups is 3. The molecule has 1 fully saturated rings. The SMILES string of the molecule is CC(C)(O)C(O)CSc1nonc1C(=Nc1ccc(F)c(Br)c1)NO.CC(C)(O)C1CC1.O=CO[O-].O=[N+]([O-])c1nonc1C(=Nc1ccc(F)c(Br)c1)NO.[H-].[K+].[K+].[Na+].[SH-]. The molecule has 316 valence electrons. The van der Waals surface area contributed by atoms with Crippen LogP contribution in [0, 0.1) is 27.7 Å². The van der Waals surface area contributed by atoms with E-state index in [4.69, 9.17) is 20.4 Å². The molecule has 1 aliphatic rings. The number of thioether (sulfide) groups is 1. The van der Waals surface area contributed by atoms with Crippen LogP contribution in [0.2, 0.25) is 0 Å². The number of nitrogens with one attached hydrogen (secondary N) is 2. The van der Waals surface area contributed by atoms with Gasteiger partial charge in [0.1, 0.15) is 11.6 Å². The van der Waals surface area contributed by atoms with Crippen LogP contribution in [-0.2, 0) is 23.2 Å². The number of aliphatic imine (C=N–C) groups is 2. The first kappa shape index (κ1) is 64.4. The summed E-state index contributed by atoms with van der Waals surface area (Å²) in [4.78, 5) is 29.1. The number of aliphatic hydroxyl groups excluding tert-OH is 1. The molecule has 2 aromatic heterocycles. The van der Waals surface area contributed by atoms with Gasteiger partial charge in [-0.15, -0.1) is 4.63 Å². The number of aromatic nitrogens is 4. The monoisotopic (exact) mass is 1070 g/mol. The molecule has 4 aromatic rings. The summed E-state index contributed by atoms with van der Waals surface area (Å²) in [6.07, 6.45) is 1.44. The summed E-state index contributed by atoms with van der Waals surface area (Å²) in [5, 5.41) is 80.2. The molecule has 30 heteroatoms. The minimum Gasteiger partial charge on any atom is -1.00 e. The second-order valence-electron chi connectivity index (χ2n) is 12.1. The van der Waals surface area contributed by atoms with Crippen molar-refractivity contribution >= 4 is 92.5 Å². The first-order valence-corrected chi connectivity index (χ1v) is 18.0. The van der Waals surface area contributed by atoms with E-state index in [1.807, 2.05) is 19.3 Å². The van der Waals surface area contributed by atoms with Gasteiger partial charge in [0.2, 0.25) is 0 Å². The first-order chi connectivity index (χ1) is 26.3. The fraction of sp³-hybridized carbons (Fsp3) is 0.367. The Morgan fingerprint density at radius 2 is 1.42 bits per heavy atom. The van der Waals surface area contributed by atoms with Crippen LogP contribution in [0.4, 0.5) is 26.0 Å². The van der Waals surface area contributed by atoms with Crippen molar-refractivity contribution in [3.63, 3.8) is 0 Å². The largest absolute Gasteiger partial charge is 1.00 e. The average molecular weight is 1080 g/mol. The number of thiol groups is 1. The van der Waals surface area contributed by atoms with E-state index in [-0.39, 0.29) is 202 Å². The Kier molecular flexibility index (Phi) is 34.2. The van der Waals surface area contributed by atoms with Crippen LogP contribution in [0.25, 0.3) is 0 Å². The Labute approximate surface area is 477 Å². The smallest absolute Gasteiger partial charge is 1.00 e. The van der Waals surface area contributed by atoms with Crippen molar-refractivity contribution in [2.75, 3.05) is 5.75 Å². The Morgan fingerprint density at radius 3 is 1.77 bits per heavy atom. The van der Waals surface area contributed by atoms with Gasteiger partial charge < -0.3 is 50.5 Å². The van der Waals surface area contributed by atoms with Gasteiger partial charge in [-0.2, -0.15) is 0 Å². The Hall–Kier alpha value is 0.0827. The molecule has 2 heterocycles. The van der Waals surface area contributed by atoms with Crippen LogP contribution in [0.1, 0.15) is 53.4 Å². The van der Waals surface area contributed by atoms with Gasteiger partial charge in [0.25, 0.3) is 12.2 Å². The van der Waals surface area contributed by atoms with Gasteiger partial charge in [0.15, 0.2) is 27.5 Å². The summed E-state index contributed by atoms with van der Waals surface area (Å²) in [6, 6.07) is 7.80. The van der Waals surface area contributed by atoms with E-state index in [9.17, 15) is 34.3 Å².